The van der Waals surface area contributed by atoms with Crippen molar-refractivity contribution in [3.63, 3.8) is 0 Å². The van der Waals surface area contributed by atoms with Crippen LogP contribution in [0.15, 0.2) is 41.2 Å². The number of aromatic nitrogens is 1. The molecule has 0 saturated carbocycles. The molecule has 0 radical (unpaired) electrons. The zero-order chi connectivity index (χ0) is 16.1. The van der Waals surface area contributed by atoms with Crippen molar-refractivity contribution in [1.29, 1.82) is 0 Å². The third kappa shape index (κ3) is 3.36. The summed E-state index contributed by atoms with van der Waals surface area (Å²) >= 11 is 0. The maximum absolute atomic E-state index is 12.5. The van der Waals surface area contributed by atoms with Gasteiger partial charge in [-0.1, -0.05) is 13.0 Å². The summed E-state index contributed by atoms with van der Waals surface area (Å²) in [6, 6.07) is 10.8. The minimum absolute atomic E-state index is 0.238. The van der Waals surface area contributed by atoms with Gasteiger partial charge >= 0.3 is 5.97 Å². The number of benzene rings is 1. The summed E-state index contributed by atoms with van der Waals surface area (Å²) in [4.78, 5) is 23.3. The molecule has 1 heterocycles. The highest BCUT2D eigenvalue weighted by Gasteiger charge is 2.12. The molecule has 2 rings (SSSR count). The van der Waals surface area contributed by atoms with Crippen LogP contribution in [0.4, 0.5) is 0 Å². The van der Waals surface area contributed by atoms with Crippen LogP contribution < -0.4 is 10.3 Å². The number of carbonyl (C=O) groups is 1. The average Bonchev–Trinajstić information content (AvgIpc) is 2.51. The zero-order valence-electron chi connectivity index (χ0n) is 12.7. The minimum atomic E-state index is -1.00. The predicted octanol–water partition coefficient (Wildman–Crippen LogP) is 2.56. The first-order valence-corrected chi connectivity index (χ1v) is 7.15. The zero-order valence-corrected chi connectivity index (χ0v) is 12.7. The molecule has 0 aliphatic heterocycles. The lowest BCUT2D eigenvalue weighted by Crippen LogP contribution is -2.26. The van der Waals surface area contributed by atoms with Crippen LogP contribution >= 0.6 is 0 Å². The molecule has 0 fully saturated rings. The van der Waals surface area contributed by atoms with Gasteiger partial charge in [-0.3, -0.25) is 9.59 Å². The van der Waals surface area contributed by atoms with Gasteiger partial charge in [0.05, 0.1) is 19.2 Å². The summed E-state index contributed by atoms with van der Waals surface area (Å²) in [7, 11) is 1.60. The molecule has 0 saturated heterocycles. The largest absolute Gasteiger partial charge is 0.497 e. The Kier molecular flexibility index (Phi) is 4.99. The molecule has 0 aliphatic rings. The minimum Gasteiger partial charge on any atom is -0.497 e. The SMILES string of the molecule is CCCn1c(-c2ccc(OC)cc2)ccc(CC(=O)O)c1=O. The number of carboxylic acids is 1. The first-order valence-electron chi connectivity index (χ1n) is 7.15. The number of nitrogens with zero attached hydrogens (tertiary/aromatic N) is 1. The van der Waals surface area contributed by atoms with Gasteiger partial charge in [-0.15, -0.1) is 0 Å². The van der Waals surface area contributed by atoms with Gasteiger partial charge < -0.3 is 14.4 Å². The van der Waals surface area contributed by atoms with Crippen LogP contribution in [0.2, 0.25) is 0 Å². The van der Waals surface area contributed by atoms with Crippen LogP contribution in [-0.2, 0) is 17.8 Å². The van der Waals surface area contributed by atoms with Gasteiger partial charge in [0.15, 0.2) is 0 Å². The number of pyridine rings is 1. The van der Waals surface area contributed by atoms with E-state index in [0.717, 1.165) is 23.4 Å². The van der Waals surface area contributed by atoms with Crippen molar-refractivity contribution in [2.45, 2.75) is 26.3 Å². The normalized spacial score (nSPS) is 10.5. The van der Waals surface area contributed by atoms with Crippen molar-refractivity contribution in [2.24, 2.45) is 0 Å². The molecule has 2 aromatic rings. The van der Waals surface area contributed by atoms with Gasteiger partial charge in [-0.25, -0.2) is 0 Å². The molecule has 5 nitrogen and oxygen atoms in total. The number of carboxylic acid groups (broad SMARTS) is 1. The van der Waals surface area contributed by atoms with Crippen LogP contribution in [0.25, 0.3) is 11.3 Å². The van der Waals surface area contributed by atoms with Crippen molar-refractivity contribution < 1.29 is 14.6 Å². The Balaban J connectivity index is 2.52. The Morgan fingerprint density at radius 1 is 1.18 bits per heavy atom. The Labute approximate surface area is 128 Å². The lowest BCUT2D eigenvalue weighted by Gasteiger charge is -2.14. The van der Waals surface area contributed by atoms with Crippen molar-refractivity contribution in [2.75, 3.05) is 7.11 Å². The number of hydrogen-bond donors (Lipinski definition) is 1. The molecule has 116 valence electrons. The maximum Gasteiger partial charge on any atom is 0.308 e. The highest BCUT2D eigenvalue weighted by molar-refractivity contribution is 5.70. The van der Waals surface area contributed by atoms with Crippen LogP contribution in [0.5, 0.6) is 5.75 Å². The molecular weight excluding hydrogens is 282 g/mol. The maximum atomic E-state index is 12.5. The van der Waals surface area contributed by atoms with E-state index in [1.165, 1.54) is 0 Å². The lowest BCUT2D eigenvalue weighted by atomic mass is 10.1. The van der Waals surface area contributed by atoms with E-state index in [0.29, 0.717) is 12.1 Å². The number of methoxy groups -OCH3 is 1. The van der Waals surface area contributed by atoms with E-state index in [4.69, 9.17) is 9.84 Å². The molecule has 22 heavy (non-hydrogen) atoms. The fraction of sp³-hybridized carbons (Fsp3) is 0.294. The summed E-state index contributed by atoms with van der Waals surface area (Å²) in [5.74, 6) is -0.256. The molecule has 0 aliphatic carbocycles. The summed E-state index contributed by atoms with van der Waals surface area (Å²) in [6.45, 7) is 2.53. The van der Waals surface area contributed by atoms with E-state index in [1.54, 1.807) is 23.8 Å². The van der Waals surface area contributed by atoms with Gasteiger partial charge in [0.2, 0.25) is 0 Å². The molecule has 1 N–H and O–H groups in total. The summed E-state index contributed by atoms with van der Waals surface area (Å²) in [5.41, 5.74) is 1.74. The first-order chi connectivity index (χ1) is 10.6. The Morgan fingerprint density at radius 2 is 1.86 bits per heavy atom. The Hall–Kier alpha value is -2.56. The predicted molar refractivity (Wildman–Crippen MR) is 84.3 cm³/mol. The number of aliphatic carboxylic acids is 1. The van der Waals surface area contributed by atoms with E-state index in [9.17, 15) is 9.59 Å². The van der Waals surface area contributed by atoms with E-state index in [2.05, 4.69) is 0 Å². The molecule has 0 unspecified atom stereocenters. The molecule has 0 bridgehead atoms. The third-order valence-electron chi connectivity index (χ3n) is 3.43. The highest BCUT2D eigenvalue weighted by atomic mass is 16.5. The third-order valence-corrected chi connectivity index (χ3v) is 3.43. The number of ether oxygens (including phenoxy) is 1. The van der Waals surface area contributed by atoms with E-state index in [-0.39, 0.29) is 12.0 Å². The lowest BCUT2D eigenvalue weighted by molar-refractivity contribution is -0.136. The smallest absolute Gasteiger partial charge is 0.308 e. The van der Waals surface area contributed by atoms with Gasteiger partial charge in [-0.05, 0) is 42.3 Å². The fourth-order valence-corrected chi connectivity index (χ4v) is 2.38. The van der Waals surface area contributed by atoms with Crippen LogP contribution in [0, 0.1) is 0 Å². The monoisotopic (exact) mass is 301 g/mol. The van der Waals surface area contributed by atoms with Crippen LogP contribution in [0.3, 0.4) is 0 Å². The average molecular weight is 301 g/mol. The van der Waals surface area contributed by atoms with Gasteiger partial charge in [0.25, 0.3) is 5.56 Å². The Bertz CT molecular complexity index is 716. The van der Waals surface area contributed by atoms with Crippen molar-refractivity contribution in [1.82, 2.24) is 4.57 Å². The molecule has 0 amide bonds. The second kappa shape index (κ2) is 6.93. The van der Waals surface area contributed by atoms with E-state index >= 15 is 0 Å². The number of rotatable bonds is 6. The van der Waals surface area contributed by atoms with E-state index in [1.807, 2.05) is 31.2 Å². The quantitative estimate of drug-likeness (QED) is 0.890. The standard InChI is InChI=1S/C17H19NO4/c1-3-10-18-15(12-4-7-14(22-2)8-5-12)9-6-13(17(18)21)11-16(19)20/h4-9H,3,10-11H2,1-2H3,(H,19,20). The molecule has 1 aromatic heterocycles. The summed E-state index contributed by atoms with van der Waals surface area (Å²) in [5, 5.41) is 8.89. The molecule has 1 aromatic carbocycles. The molecular formula is C17H19NO4. The van der Waals surface area contributed by atoms with Crippen molar-refractivity contribution in [3.05, 3.63) is 52.3 Å². The molecule has 0 spiro atoms. The first kappa shape index (κ1) is 15.8. The topological polar surface area (TPSA) is 68.5 Å². The summed E-state index contributed by atoms with van der Waals surface area (Å²) in [6.07, 6.45) is 0.533. The van der Waals surface area contributed by atoms with Gasteiger partial charge in [-0.2, -0.15) is 0 Å². The highest BCUT2D eigenvalue weighted by Crippen LogP contribution is 2.22. The van der Waals surface area contributed by atoms with Crippen LogP contribution in [-0.4, -0.2) is 22.8 Å². The molecule has 0 atom stereocenters. The second-order valence-corrected chi connectivity index (χ2v) is 5.00. The van der Waals surface area contributed by atoms with Crippen molar-refractivity contribution >= 4 is 5.97 Å². The second-order valence-electron chi connectivity index (χ2n) is 5.00. The Morgan fingerprint density at radius 3 is 2.41 bits per heavy atom. The van der Waals surface area contributed by atoms with Gasteiger partial charge in [0, 0.05) is 12.1 Å². The fourth-order valence-electron chi connectivity index (χ4n) is 2.38. The molecule has 5 heteroatoms. The number of hydrogen-bond acceptors (Lipinski definition) is 3. The van der Waals surface area contributed by atoms with Crippen LogP contribution in [0.1, 0.15) is 18.9 Å². The van der Waals surface area contributed by atoms with Crippen molar-refractivity contribution in [3.8, 4) is 17.0 Å². The van der Waals surface area contributed by atoms with E-state index < -0.39 is 5.97 Å². The summed E-state index contributed by atoms with van der Waals surface area (Å²) < 4.78 is 6.77. The van der Waals surface area contributed by atoms with Gasteiger partial charge in [0.1, 0.15) is 5.75 Å².